The summed E-state index contributed by atoms with van der Waals surface area (Å²) >= 11 is 0. The predicted molar refractivity (Wildman–Crippen MR) is 295 cm³/mol. The van der Waals surface area contributed by atoms with Gasteiger partial charge in [-0.25, -0.2) is 0 Å². The Morgan fingerprint density at radius 1 is 0.457 bits per heavy atom. The number of hydrogen-bond donors (Lipinski definition) is 0. The molecule has 4 aliphatic rings. The van der Waals surface area contributed by atoms with Gasteiger partial charge in [-0.2, -0.15) is 0 Å². The highest BCUT2D eigenvalue weighted by Crippen LogP contribution is 2.62. The van der Waals surface area contributed by atoms with Crippen molar-refractivity contribution in [3.63, 3.8) is 0 Å². The summed E-state index contributed by atoms with van der Waals surface area (Å²) in [6, 6.07) is 59.4. The SMILES string of the molecule is CC(C)(C)c1ccc2c(c1)N(c1cccc3c1oc1ccccc13)c1cc(N3c4ccccc4C4(C)CCCCC34C)cc3c1B2c1ccc(C(C)(C)C)cc1N3c1cccc2c1oc1ccccc12. The number of rotatable bonds is 3. The second-order valence-electron chi connectivity index (χ2n) is 23.2. The molecule has 0 bridgehead atoms. The van der Waals surface area contributed by atoms with E-state index in [2.05, 4.69) is 228 Å². The van der Waals surface area contributed by atoms with Crippen LogP contribution in [0.4, 0.5) is 45.5 Å². The van der Waals surface area contributed by atoms with Crippen molar-refractivity contribution >= 4 is 112 Å². The van der Waals surface area contributed by atoms with E-state index in [-0.39, 0.29) is 28.5 Å². The van der Waals surface area contributed by atoms with Crippen molar-refractivity contribution in [1.82, 2.24) is 0 Å². The Morgan fingerprint density at radius 2 is 0.929 bits per heavy atom. The Labute approximate surface area is 411 Å². The van der Waals surface area contributed by atoms with Gasteiger partial charge in [-0.1, -0.05) is 164 Å². The first-order valence-electron chi connectivity index (χ1n) is 25.5. The van der Waals surface area contributed by atoms with Crippen LogP contribution in [0.3, 0.4) is 0 Å². The van der Waals surface area contributed by atoms with Gasteiger partial charge in [0.2, 0.25) is 0 Å². The van der Waals surface area contributed by atoms with Crippen LogP contribution < -0.4 is 31.1 Å². The van der Waals surface area contributed by atoms with Gasteiger partial charge in [-0.3, -0.25) is 0 Å². The number of anilines is 8. The third-order valence-electron chi connectivity index (χ3n) is 17.3. The largest absolute Gasteiger partial charge is 0.454 e. The smallest absolute Gasteiger partial charge is 0.252 e. The summed E-state index contributed by atoms with van der Waals surface area (Å²) in [6.45, 7) is 19.0. The van der Waals surface area contributed by atoms with Crippen LogP contribution in [0.15, 0.2) is 167 Å². The van der Waals surface area contributed by atoms with Gasteiger partial charge in [0.15, 0.2) is 11.2 Å². The maximum atomic E-state index is 7.03. The van der Waals surface area contributed by atoms with Gasteiger partial charge in [0.1, 0.15) is 11.2 Å². The Bertz CT molecular complexity index is 3640. The molecule has 2 unspecified atom stereocenters. The van der Waals surface area contributed by atoms with E-state index >= 15 is 0 Å². The fraction of sp³-hybridized carbons (Fsp3) is 0.250. The first-order valence-corrected chi connectivity index (χ1v) is 25.5. The molecule has 6 heteroatoms. The zero-order chi connectivity index (χ0) is 47.6. The molecule has 14 rings (SSSR count). The molecular formula is C64H58BN3O2. The van der Waals surface area contributed by atoms with Crippen molar-refractivity contribution < 1.29 is 8.83 Å². The predicted octanol–water partition coefficient (Wildman–Crippen LogP) is 15.9. The van der Waals surface area contributed by atoms with Crippen molar-refractivity contribution in [2.75, 3.05) is 14.7 Å². The van der Waals surface area contributed by atoms with E-state index in [0.29, 0.717) is 0 Å². The van der Waals surface area contributed by atoms with E-state index in [1.165, 1.54) is 80.0 Å². The molecule has 0 amide bonds. The average molecular weight is 912 g/mol. The Balaban J connectivity index is 1.16. The Hall–Kier alpha value is -7.18. The molecular weight excluding hydrogens is 854 g/mol. The summed E-state index contributed by atoms with van der Waals surface area (Å²) in [6.07, 6.45) is 4.69. The van der Waals surface area contributed by atoms with Gasteiger partial charge >= 0.3 is 0 Å². The summed E-state index contributed by atoms with van der Waals surface area (Å²) < 4.78 is 14.1. The van der Waals surface area contributed by atoms with Gasteiger partial charge in [-0.05, 0) is 118 Å². The van der Waals surface area contributed by atoms with Crippen molar-refractivity contribution in [3.05, 3.63) is 174 Å². The van der Waals surface area contributed by atoms with Crippen molar-refractivity contribution in [2.45, 2.75) is 103 Å². The molecule has 1 fully saturated rings. The van der Waals surface area contributed by atoms with Crippen LogP contribution in [0.25, 0.3) is 43.9 Å². The quantitative estimate of drug-likeness (QED) is 0.165. The van der Waals surface area contributed by atoms with Gasteiger partial charge in [0.05, 0.1) is 16.9 Å². The molecule has 0 saturated heterocycles. The summed E-state index contributed by atoms with van der Waals surface area (Å²) in [5, 5.41) is 4.48. The summed E-state index contributed by atoms with van der Waals surface area (Å²) in [7, 11) is 0. The molecule has 2 atom stereocenters. The maximum absolute atomic E-state index is 7.03. The zero-order valence-corrected chi connectivity index (χ0v) is 41.6. The number of benzene rings is 8. The van der Waals surface area contributed by atoms with Crippen LogP contribution in [0.5, 0.6) is 0 Å². The normalized spacial score (nSPS) is 19.5. The number of hydrogen-bond acceptors (Lipinski definition) is 5. The lowest BCUT2D eigenvalue weighted by Gasteiger charge is -2.51. The highest BCUT2D eigenvalue weighted by molar-refractivity contribution is 7.00. The minimum Gasteiger partial charge on any atom is -0.454 e. The third kappa shape index (κ3) is 5.56. The highest BCUT2D eigenvalue weighted by Gasteiger charge is 2.58. The molecule has 344 valence electrons. The van der Waals surface area contributed by atoms with E-state index in [0.717, 1.165) is 68.1 Å². The Morgan fingerprint density at radius 3 is 1.47 bits per heavy atom. The first-order chi connectivity index (χ1) is 33.7. The van der Waals surface area contributed by atoms with Crippen molar-refractivity contribution in [1.29, 1.82) is 0 Å². The molecule has 0 radical (unpaired) electrons. The van der Waals surface area contributed by atoms with Crippen LogP contribution in [-0.2, 0) is 16.2 Å². The zero-order valence-electron chi connectivity index (χ0n) is 41.6. The minimum absolute atomic E-state index is 0.0287. The van der Waals surface area contributed by atoms with Crippen molar-refractivity contribution in [3.8, 4) is 0 Å². The number of fused-ring (bicyclic) bond motifs is 13. The lowest BCUT2D eigenvalue weighted by atomic mass is 9.33. The molecule has 1 aliphatic carbocycles. The van der Waals surface area contributed by atoms with E-state index in [1.807, 2.05) is 0 Å². The second-order valence-corrected chi connectivity index (χ2v) is 23.2. The van der Waals surface area contributed by atoms with Gasteiger partial charge < -0.3 is 23.5 Å². The molecule has 0 N–H and O–H groups in total. The van der Waals surface area contributed by atoms with Crippen molar-refractivity contribution in [2.24, 2.45) is 0 Å². The first kappa shape index (κ1) is 41.8. The van der Waals surface area contributed by atoms with Crippen LogP contribution in [-0.4, -0.2) is 12.3 Å². The van der Waals surface area contributed by atoms with Gasteiger partial charge in [-0.15, -0.1) is 0 Å². The van der Waals surface area contributed by atoms with Crippen LogP contribution in [0.1, 0.15) is 97.8 Å². The van der Waals surface area contributed by atoms with Crippen LogP contribution >= 0.6 is 0 Å². The summed E-state index contributed by atoms with van der Waals surface area (Å²) in [4.78, 5) is 7.91. The molecule has 70 heavy (non-hydrogen) atoms. The average Bonchev–Trinajstić information content (AvgIpc) is 3.99. The van der Waals surface area contributed by atoms with E-state index in [1.54, 1.807) is 0 Å². The van der Waals surface area contributed by atoms with Gasteiger partial charge in [0, 0.05) is 61.1 Å². The lowest BCUT2D eigenvalue weighted by molar-refractivity contribution is 0.195. The summed E-state index contributed by atoms with van der Waals surface area (Å²) in [5.74, 6) is 0. The molecule has 5 nitrogen and oxygen atoms in total. The number of furan rings is 2. The van der Waals surface area contributed by atoms with Gasteiger partial charge in [0.25, 0.3) is 6.71 Å². The summed E-state index contributed by atoms with van der Waals surface area (Å²) in [5.41, 5.74) is 20.4. The highest BCUT2D eigenvalue weighted by atomic mass is 16.3. The molecule has 0 spiro atoms. The Kier molecular flexibility index (Phi) is 8.49. The number of nitrogens with zero attached hydrogens (tertiary/aromatic N) is 3. The molecule has 5 heterocycles. The van der Waals surface area contributed by atoms with E-state index in [9.17, 15) is 0 Å². The van der Waals surface area contributed by atoms with E-state index < -0.39 is 0 Å². The second kappa shape index (κ2) is 14.2. The molecule has 1 saturated carbocycles. The number of para-hydroxylation sites is 5. The topological polar surface area (TPSA) is 36.0 Å². The molecule has 2 aromatic heterocycles. The molecule has 3 aliphatic heterocycles. The lowest BCUT2D eigenvalue weighted by Crippen LogP contribution is -2.61. The molecule has 10 aromatic rings. The molecule has 8 aromatic carbocycles. The monoisotopic (exact) mass is 911 g/mol. The van der Waals surface area contributed by atoms with E-state index in [4.69, 9.17) is 8.83 Å². The maximum Gasteiger partial charge on any atom is 0.252 e. The fourth-order valence-electron chi connectivity index (χ4n) is 13.5. The van der Waals surface area contributed by atoms with Crippen LogP contribution in [0.2, 0.25) is 0 Å². The minimum atomic E-state index is -0.166. The van der Waals surface area contributed by atoms with Crippen LogP contribution in [0, 0.1) is 0 Å². The standard InChI is InChI=1S/C64H58BN3O2/c1-61(2,3)39-29-31-47-52(35-39)66(50-25-17-21-44-42-19-9-13-27-56(42)69-59(44)50)54-37-41(68-49-24-12-11-23-46(49)63(7)33-15-16-34-64(63,68)8)38-55-58(54)65(47)48-32-30-40(62(4,5)6)36-53(48)67(55)51-26-18-22-45-43-20-10-14-28-57(43)70-60(45)51/h9-14,17-32,35-38H,15-16,33-34H2,1-8H3. The third-order valence-corrected chi connectivity index (χ3v) is 17.3. The fourth-order valence-corrected chi connectivity index (χ4v) is 13.5.